The molecular weight excluding hydrogens is 282 g/mol. The van der Waals surface area contributed by atoms with E-state index in [0.29, 0.717) is 21.6 Å². The largest absolute Gasteiger partial charge is 0.368 e. The summed E-state index contributed by atoms with van der Waals surface area (Å²) >= 11 is 11.9. The summed E-state index contributed by atoms with van der Waals surface area (Å²) in [5, 5.41) is 8.63. The second kappa shape index (κ2) is 7.37. The Hall–Kier alpha value is -0.970. The molecule has 0 amide bonds. The van der Waals surface area contributed by atoms with Crippen molar-refractivity contribution in [2.75, 3.05) is 14.1 Å². The predicted molar refractivity (Wildman–Crippen MR) is 76.6 cm³/mol. The van der Waals surface area contributed by atoms with Crippen LogP contribution in [0, 0.1) is 0 Å². The maximum absolute atomic E-state index is 5.94. The van der Waals surface area contributed by atoms with Crippen molar-refractivity contribution in [3.63, 3.8) is 0 Å². The van der Waals surface area contributed by atoms with Gasteiger partial charge in [0.25, 0.3) is 0 Å². The summed E-state index contributed by atoms with van der Waals surface area (Å²) in [7, 11) is 3.55. The van der Waals surface area contributed by atoms with Gasteiger partial charge in [-0.25, -0.2) is 0 Å². The van der Waals surface area contributed by atoms with Gasteiger partial charge in [-0.2, -0.15) is 5.10 Å². The number of rotatable bonds is 2. The van der Waals surface area contributed by atoms with E-state index in [9.17, 15) is 0 Å². The van der Waals surface area contributed by atoms with E-state index in [1.165, 1.54) is 6.21 Å². The fourth-order valence-electron chi connectivity index (χ4n) is 0.869. The zero-order valence-electron chi connectivity index (χ0n) is 9.39. The maximum atomic E-state index is 5.94. The minimum atomic E-state index is 0. The Labute approximate surface area is 117 Å². The molecule has 0 saturated carbocycles. The molecule has 0 atom stereocenters. The average molecular weight is 296 g/mol. The first-order valence-electron chi connectivity index (χ1n) is 4.50. The lowest BCUT2D eigenvalue weighted by atomic mass is 10.2. The molecular formula is C10H13Cl3N4. The first kappa shape index (κ1) is 16.0. The molecule has 1 aromatic rings. The quantitative estimate of drug-likeness (QED) is 0.518. The summed E-state index contributed by atoms with van der Waals surface area (Å²) in [6.45, 7) is 0. The summed E-state index contributed by atoms with van der Waals surface area (Å²) in [5.74, 6) is 0.305. The van der Waals surface area contributed by atoms with Gasteiger partial charge >= 0.3 is 0 Å². The van der Waals surface area contributed by atoms with Crippen LogP contribution in [0.15, 0.2) is 28.4 Å². The van der Waals surface area contributed by atoms with Crippen LogP contribution in [-0.2, 0) is 0 Å². The van der Waals surface area contributed by atoms with Gasteiger partial charge in [0.15, 0.2) is 0 Å². The zero-order valence-corrected chi connectivity index (χ0v) is 11.7. The number of hydrogen-bond acceptors (Lipinski definition) is 2. The van der Waals surface area contributed by atoms with E-state index in [0.717, 1.165) is 0 Å². The highest BCUT2D eigenvalue weighted by atomic mass is 35.5. The van der Waals surface area contributed by atoms with Gasteiger partial charge < -0.3 is 10.6 Å². The smallest absolute Gasteiger partial charge is 0.215 e. The van der Waals surface area contributed by atoms with E-state index < -0.39 is 0 Å². The molecule has 0 radical (unpaired) electrons. The Kier molecular flexibility index (Phi) is 6.95. The lowest BCUT2D eigenvalue weighted by Gasteiger charge is -2.07. The highest BCUT2D eigenvalue weighted by molar-refractivity contribution is 6.38. The summed E-state index contributed by atoms with van der Waals surface area (Å²) in [5.41, 5.74) is 6.18. The van der Waals surface area contributed by atoms with Crippen molar-refractivity contribution < 1.29 is 0 Å². The minimum absolute atomic E-state index is 0. The zero-order chi connectivity index (χ0) is 12.1. The summed E-state index contributed by atoms with van der Waals surface area (Å²) in [6.07, 6.45) is 1.47. The molecule has 0 fully saturated rings. The number of nitrogens with zero attached hydrogens (tertiary/aromatic N) is 3. The normalized spacial score (nSPS) is 11.4. The SMILES string of the molecule is CN(C)/C(N)=N/N=C/c1c(Cl)cccc1Cl.Cl. The third-order valence-corrected chi connectivity index (χ3v) is 2.46. The molecule has 94 valence electrons. The second-order valence-corrected chi connectivity index (χ2v) is 4.05. The monoisotopic (exact) mass is 294 g/mol. The molecule has 0 bridgehead atoms. The van der Waals surface area contributed by atoms with Crippen LogP contribution in [0.4, 0.5) is 0 Å². The maximum Gasteiger partial charge on any atom is 0.215 e. The molecule has 0 unspecified atom stereocenters. The highest BCUT2D eigenvalue weighted by Gasteiger charge is 2.01. The lowest BCUT2D eigenvalue weighted by Crippen LogP contribution is -2.29. The molecule has 0 saturated heterocycles. The standard InChI is InChI=1S/C10H12Cl2N4.ClH/c1-16(2)10(13)15-14-6-7-8(11)4-3-5-9(7)12;/h3-6H,1-2H3,(H2,13,15);1H/b14-6+;. The van der Waals surface area contributed by atoms with Crippen molar-refractivity contribution >= 4 is 47.8 Å². The Morgan fingerprint density at radius 2 is 1.82 bits per heavy atom. The van der Waals surface area contributed by atoms with Crippen LogP contribution in [0.5, 0.6) is 0 Å². The number of nitrogens with two attached hydrogens (primary N) is 1. The highest BCUT2D eigenvalue weighted by Crippen LogP contribution is 2.22. The van der Waals surface area contributed by atoms with Crippen molar-refractivity contribution in [2.24, 2.45) is 15.9 Å². The Morgan fingerprint density at radius 1 is 1.29 bits per heavy atom. The predicted octanol–water partition coefficient (Wildman–Crippen LogP) is 2.63. The molecule has 0 heterocycles. The Morgan fingerprint density at radius 3 is 2.29 bits per heavy atom. The van der Waals surface area contributed by atoms with Crippen molar-refractivity contribution in [3.8, 4) is 0 Å². The fourth-order valence-corrected chi connectivity index (χ4v) is 1.36. The Balaban J connectivity index is 0.00000256. The number of hydrogen-bond donors (Lipinski definition) is 1. The van der Waals surface area contributed by atoms with Crippen molar-refractivity contribution in [1.29, 1.82) is 0 Å². The third kappa shape index (κ3) is 4.81. The van der Waals surface area contributed by atoms with Crippen molar-refractivity contribution in [1.82, 2.24) is 4.90 Å². The molecule has 1 aromatic carbocycles. The van der Waals surface area contributed by atoms with Gasteiger partial charge in [0, 0.05) is 19.7 Å². The summed E-state index contributed by atoms with van der Waals surface area (Å²) < 4.78 is 0. The topological polar surface area (TPSA) is 54.0 Å². The van der Waals surface area contributed by atoms with Crippen LogP contribution in [-0.4, -0.2) is 31.2 Å². The molecule has 0 aliphatic heterocycles. The summed E-state index contributed by atoms with van der Waals surface area (Å²) in [6, 6.07) is 5.22. The molecule has 7 heteroatoms. The third-order valence-electron chi connectivity index (χ3n) is 1.80. The van der Waals surface area contributed by atoms with E-state index in [2.05, 4.69) is 10.2 Å². The molecule has 2 N–H and O–H groups in total. The molecule has 0 spiro atoms. The van der Waals surface area contributed by atoms with Crippen molar-refractivity contribution in [2.45, 2.75) is 0 Å². The van der Waals surface area contributed by atoms with Crippen LogP contribution < -0.4 is 5.73 Å². The molecule has 17 heavy (non-hydrogen) atoms. The molecule has 0 aliphatic rings. The van der Waals surface area contributed by atoms with E-state index in [1.54, 1.807) is 37.2 Å². The number of halogens is 3. The van der Waals surface area contributed by atoms with E-state index in [1.807, 2.05) is 0 Å². The molecule has 0 aliphatic carbocycles. The van der Waals surface area contributed by atoms with Crippen LogP contribution in [0.25, 0.3) is 0 Å². The van der Waals surface area contributed by atoms with E-state index in [4.69, 9.17) is 28.9 Å². The molecule has 4 nitrogen and oxygen atoms in total. The van der Waals surface area contributed by atoms with Crippen molar-refractivity contribution in [3.05, 3.63) is 33.8 Å². The van der Waals surface area contributed by atoms with Crippen LogP contribution in [0.1, 0.15) is 5.56 Å². The average Bonchev–Trinajstić information content (AvgIpc) is 2.22. The minimum Gasteiger partial charge on any atom is -0.368 e. The second-order valence-electron chi connectivity index (χ2n) is 3.23. The van der Waals surface area contributed by atoms with Gasteiger partial charge in [-0.1, -0.05) is 29.3 Å². The number of guanidine groups is 1. The first-order valence-corrected chi connectivity index (χ1v) is 5.26. The number of benzene rings is 1. The van der Waals surface area contributed by atoms with Gasteiger partial charge in [0.1, 0.15) is 0 Å². The van der Waals surface area contributed by atoms with Gasteiger partial charge in [0.2, 0.25) is 5.96 Å². The summed E-state index contributed by atoms with van der Waals surface area (Å²) in [4.78, 5) is 1.64. The van der Waals surface area contributed by atoms with Gasteiger partial charge in [-0.15, -0.1) is 17.5 Å². The van der Waals surface area contributed by atoms with E-state index in [-0.39, 0.29) is 12.4 Å². The molecule has 1 rings (SSSR count). The Bertz CT molecular complexity index is 409. The first-order chi connectivity index (χ1) is 7.52. The van der Waals surface area contributed by atoms with Gasteiger partial charge in [-0.3, -0.25) is 0 Å². The fraction of sp³-hybridized carbons (Fsp3) is 0.200. The molecule has 0 aromatic heterocycles. The van der Waals surface area contributed by atoms with E-state index >= 15 is 0 Å². The van der Waals surface area contributed by atoms with Gasteiger partial charge in [-0.05, 0) is 12.1 Å². The van der Waals surface area contributed by atoms with Crippen LogP contribution >= 0.6 is 35.6 Å². The lowest BCUT2D eigenvalue weighted by molar-refractivity contribution is 0.611. The van der Waals surface area contributed by atoms with Crippen LogP contribution in [0.3, 0.4) is 0 Å². The van der Waals surface area contributed by atoms with Crippen LogP contribution in [0.2, 0.25) is 10.0 Å². The van der Waals surface area contributed by atoms with Gasteiger partial charge in [0.05, 0.1) is 16.3 Å².